The Balaban J connectivity index is 2.32. The van der Waals surface area contributed by atoms with E-state index in [1.165, 1.54) is 0 Å². The Morgan fingerprint density at radius 2 is 2.33 bits per heavy atom. The average molecular weight is 271 g/mol. The number of halogens is 1. The average Bonchev–Trinajstić information content (AvgIpc) is 2.80. The second-order valence-corrected chi connectivity index (χ2v) is 5.17. The summed E-state index contributed by atoms with van der Waals surface area (Å²) >= 11 is 6.03. The van der Waals surface area contributed by atoms with Crippen molar-refractivity contribution in [2.45, 2.75) is 31.4 Å². The lowest BCUT2D eigenvalue weighted by Crippen LogP contribution is -2.44. The molecule has 3 N–H and O–H groups in total. The number of hydrogen-bond acceptors (Lipinski definition) is 4. The van der Waals surface area contributed by atoms with Crippen molar-refractivity contribution in [3.8, 4) is 5.75 Å². The summed E-state index contributed by atoms with van der Waals surface area (Å²) in [5.41, 5.74) is 3.58. The van der Waals surface area contributed by atoms with E-state index in [2.05, 4.69) is 12.3 Å². The molecular weight excluding hydrogens is 252 g/mol. The largest absolute Gasteiger partial charge is 0.495 e. The van der Waals surface area contributed by atoms with E-state index in [1.807, 2.05) is 18.2 Å². The molecule has 0 aromatic heterocycles. The van der Waals surface area contributed by atoms with E-state index in [0.717, 1.165) is 25.0 Å². The lowest BCUT2D eigenvalue weighted by molar-refractivity contribution is -0.0125. The van der Waals surface area contributed by atoms with Crippen molar-refractivity contribution in [3.05, 3.63) is 28.8 Å². The van der Waals surface area contributed by atoms with E-state index >= 15 is 0 Å². The van der Waals surface area contributed by atoms with Gasteiger partial charge in [-0.25, -0.2) is 0 Å². The predicted octanol–water partition coefficient (Wildman–Crippen LogP) is 2.42. The quantitative estimate of drug-likeness (QED) is 0.652. The Morgan fingerprint density at radius 3 is 2.89 bits per heavy atom. The van der Waals surface area contributed by atoms with Crippen molar-refractivity contribution >= 4 is 11.6 Å². The van der Waals surface area contributed by atoms with Crippen LogP contribution in [0.4, 0.5) is 0 Å². The summed E-state index contributed by atoms with van der Waals surface area (Å²) in [7, 11) is 1.60. The van der Waals surface area contributed by atoms with E-state index in [4.69, 9.17) is 26.9 Å². The number of nitrogens with one attached hydrogen (secondary N) is 1. The molecule has 0 amide bonds. The van der Waals surface area contributed by atoms with Gasteiger partial charge in [-0.15, -0.1) is 0 Å². The second-order valence-electron chi connectivity index (χ2n) is 4.76. The standard InChI is InChI=1S/C13H19ClN2O2/c1-13(6-3-7-18-13)12(16-15)9-4-5-10(14)11(8-9)17-2/h4-5,8,12,16H,3,6-7,15H2,1-2H3. The van der Waals surface area contributed by atoms with Crippen molar-refractivity contribution in [2.75, 3.05) is 13.7 Å². The minimum absolute atomic E-state index is 0.0776. The van der Waals surface area contributed by atoms with Gasteiger partial charge in [0, 0.05) is 6.61 Å². The van der Waals surface area contributed by atoms with Crippen molar-refractivity contribution < 1.29 is 9.47 Å². The molecular formula is C13H19ClN2O2. The summed E-state index contributed by atoms with van der Waals surface area (Å²) in [4.78, 5) is 0. The van der Waals surface area contributed by atoms with Gasteiger partial charge >= 0.3 is 0 Å². The molecule has 1 heterocycles. The zero-order valence-corrected chi connectivity index (χ0v) is 11.5. The van der Waals surface area contributed by atoms with E-state index in [9.17, 15) is 0 Å². The molecule has 2 unspecified atom stereocenters. The number of ether oxygens (including phenoxy) is 2. The van der Waals surface area contributed by atoms with Gasteiger partial charge in [-0.05, 0) is 37.5 Å². The van der Waals surface area contributed by atoms with Crippen LogP contribution in [0.5, 0.6) is 5.75 Å². The Hall–Kier alpha value is -0.810. The number of rotatable bonds is 4. The fraction of sp³-hybridized carbons (Fsp3) is 0.538. The van der Waals surface area contributed by atoms with Crippen LogP contribution in [-0.2, 0) is 4.74 Å². The molecule has 1 aromatic rings. The Kier molecular flexibility index (Phi) is 4.12. The van der Waals surface area contributed by atoms with Gasteiger partial charge in [0.1, 0.15) is 5.75 Å². The smallest absolute Gasteiger partial charge is 0.137 e. The number of hydrazine groups is 1. The molecule has 5 heteroatoms. The lowest BCUT2D eigenvalue weighted by atomic mass is 9.88. The van der Waals surface area contributed by atoms with Gasteiger partial charge < -0.3 is 9.47 Å². The highest BCUT2D eigenvalue weighted by Crippen LogP contribution is 2.38. The van der Waals surface area contributed by atoms with Gasteiger partial charge in [-0.3, -0.25) is 11.3 Å². The first-order valence-corrected chi connectivity index (χ1v) is 6.42. The third-order valence-corrected chi connectivity index (χ3v) is 3.85. The predicted molar refractivity (Wildman–Crippen MR) is 71.7 cm³/mol. The molecule has 2 rings (SSSR count). The number of nitrogens with two attached hydrogens (primary N) is 1. The SMILES string of the molecule is COc1cc(C(NN)C2(C)CCCO2)ccc1Cl. The molecule has 0 spiro atoms. The fourth-order valence-electron chi connectivity index (χ4n) is 2.51. The van der Waals surface area contributed by atoms with Crippen LogP contribution < -0.4 is 16.0 Å². The first-order valence-electron chi connectivity index (χ1n) is 6.04. The van der Waals surface area contributed by atoms with E-state index in [1.54, 1.807) is 7.11 Å². The third-order valence-electron chi connectivity index (χ3n) is 3.54. The summed E-state index contributed by atoms with van der Waals surface area (Å²) in [6.45, 7) is 2.85. The zero-order chi connectivity index (χ0) is 13.2. The molecule has 100 valence electrons. The molecule has 1 fully saturated rings. The fourth-order valence-corrected chi connectivity index (χ4v) is 2.70. The van der Waals surface area contributed by atoms with E-state index in [0.29, 0.717) is 10.8 Å². The topological polar surface area (TPSA) is 56.5 Å². The van der Waals surface area contributed by atoms with Crippen LogP contribution in [-0.4, -0.2) is 19.3 Å². The molecule has 1 aromatic carbocycles. The number of hydrogen-bond donors (Lipinski definition) is 2. The molecule has 1 aliphatic heterocycles. The lowest BCUT2D eigenvalue weighted by Gasteiger charge is -2.33. The third kappa shape index (κ3) is 2.47. The highest BCUT2D eigenvalue weighted by atomic mass is 35.5. The Morgan fingerprint density at radius 1 is 1.56 bits per heavy atom. The van der Waals surface area contributed by atoms with Gasteiger partial charge in [0.2, 0.25) is 0 Å². The number of benzene rings is 1. The second kappa shape index (κ2) is 5.45. The minimum atomic E-state index is -0.284. The van der Waals surface area contributed by atoms with Gasteiger partial charge in [-0.1, -0.05) is 17.7 Å². The first kappa shape index (κ1) is 13.6. The molecule has 0 radical (unpaired) electrons. The maximum absolute atomic E-state index is 6.03. The van der Waals surface area contributed by atoms with Crippen molar-refractivity contribution in [1.82, 2.24) is 5.43 Å². The van der Waals surface area contributed by atoms with Gasteiger partial charge in [0.15, 0.2) is 0 Å². The summed E-state index contributed by atoms with van der Waals surface area (Å²) < 4.78 is 11.1. The maximum Gasteiger partial charge on any atom is 0.137 e. The Labute approximate surface area is 112 Å². The van der Waals surface area contributed by atoms with Crippen molar-refractivity contribution in [1.29, 1.82) is 0 Å². The molecule has 2 atom stereocenters. The van der Waals surface area contributed by atoms with Crippen LogP contribution in [0.15, 0.2) is 18.2 Å². The summed E-state index contributed by atoms with van der Waals surface area (Å²) in [6.07, 6.45) is 2.03. The van der Waals surface area contributed by atoms with Crippen LogP contribution in [0.25, 0.3) is 0 Å². The van der Waals surface area contributed by atoms with Crippen LogP contribution in [0.3, 0.4) is 0 Å². The normalized spacial score (nSPS) is 25.1. The summed E-state index contributed by atoms with van der Waals surface area (Å²) in [5, 5.41) is 0.592. The molecule has 0 saturated carbocycles. The Bertz CT molecular complexity index is 419. The van der Waals surface area contributed by atoms with Crippen LogP contribution in [0, 0.1) is 0 Å². The number of methoxy groups -OCH3 is 1. The minimum Gasteiger partial charge on any atom is -0.495 e. The van der Waals surface area contributed by atoms with Crippen molar-refractivity contribution in [3.63, 3.8) is 0 Å². The molecule has 0 aliphatic carbocycles. The van der Waals surface area contributed by atoms with Crippen LogP contribution in [0.2, 0.25) is 5.02 Å². The molecule has 4 nitrogen and oxygen atoms in total. The zero-order valence-electron chi connectivity index (χ0n) is 10.7. The van der Waals surface area contributed by atoms with Crippen LogP contribution >= 0.6 is 11.6 Å². The van der Waals surface area contributed by atoms with E-state index in [-0.39, 0.29) is 11.6 Å². The molecule has 1 saturated heterocycles. The van der Waals surface area contributed by atoms with Crippen LogP contribution in [0.1, 0.15) is 31.4 Å². The highest BCUT2D eigenvalue weighted by molar-refractivity contribution is 6.32. The highest BCUT2D eigenvalue weighted by Gasteiger charge is 2.39. The van der Waals surface area contributed by atoms with E-state index < -0.39 is 0 Å². The molecule has 1 aliphatic rings. The van der Waals surface area contributed by atoms with Gasteiger partial charge in [-0.2, -0.15) is 0 Å². The van der Waals surface area contributed by atoms with Gasteiger partial charge in [0.05, 0.1) is 23.8 Å². The maximum atomic E-state index is 6.03. The monoisotopic (exact) mass is 270 g/mol. The van der Waals surface area contributed by atoms with Crippen molar-refractivity contribution in [2.24, 2.45) is 5.84 Å². The molecule has 0 bridgehead atoms. The molecule has 18 heavy (non-hydrogen) atoms. The van der Waals surface area contributed by atoms with Gasteiger partial charge in [0.25, 0.3) is 0 Å². The summed E-state index contributed by atoms with van der Waals surface area (Å²) in [5.74, 6) is 6.34. The summed E-state index contributed by atoms with van der Waals surface area (Å²) in [6, 6.07) is 5.59. The first-order chi connectivity index (χ1) is 8.60.